The minimum atomic E-state index is -1.02. The molecule has 2 N–H and O–H groups in total. The number of amides is 1. The van der Waals surface area contributed by atoms with Crippen molar-refractivity contribution in [1.82, 2.24) is 20.1 Å². The van der Waals surface area contributed by atoms with Crippen LogP contribution in [0.5, 0.6) is 0 Å². The highest BCUT2D eigenvalue weighted by molar-refractivity contribution is 5.91. The standard InChI is InChI=1S/C16H17FN4O4/c1-10-18-14(20-21(10)12-4-2-11(17)3-5-12)15(24)19-16(8-13(22)23)6-7-25-9-16/h2-5H,6-9H2,1H3,(H,19,24)(H,22,23). The Morgan fingerprint density at radius 2 is 2.12 bits per heavy atom. The lowest BCUT2D eigenvalue weighted by Gasteiger charge is -2.26. The molecule has 2 heterocycles. The van der Waals surface area contributed by atoms with Gasteiger partial charge in [-0.15, -0.1) is 5.10 Å². The third-order valence-corrected chi connectivity index (χ3v) is 4.01. The molecule has 1 aliphatic rings. The molecular weight excluding hydrogens is 331 g/mol. The molecule has 0 bridgehead atoms. The van der Waals surface area contributed by atoms with E-state index in [1.807, 2.05) is 0 Å². The van der Waals surface area contributed by atoms with Crippen molar-refractivity contribution in [2.45, 2.75) is 25.3 Å². The second-order valence-electron chi connectivity index (χ2n) is 5.98. The number of ether oxygens (including phenoxy) is 1. The van der Waals surface area contributed by atoms with Crippen LogP contribution in [0.4, 0.5) is 4.39 Å². The van der Waals surface area contributed by atoms with Gasteiger partial charge in [-0.05, 0) is 37.6 Å². The highest BCUT2D eigenvalue weighted by Crippen LogP contribution is 2.23. The lowest BCUT2D eigenvalue weighted by Crippen LogP contribution is -2.50. The number of benzene rings is 1. The van der Waals surface area contributed by atoms with Gasteiger partial charge in [0, 0.05) is 6.61 Å². The van der Waals surface area contributed by atoms with Gasteiger partial charge in [0.05, 0.1) is 24.3 Å². The lowest BCUT2D eigenvalue weighted by atomic mass is 9.94. The fourth-order valence-electron chi connectivity index (χ4n) is 2.79. The molecule has 1 amide bonds. The number of nitrogens with one attached hydrogen (secondary N) is 1. The van der Waals surface area contributed by atoms with E-state index in [-0.39, 0.29) is 24.7 Å². The Kier molecular flexibility index (Phi) is 4.49. The molecule has 1 aromatic heterocycles. The molecule has 0 radical (unpaired) electrons. The summed E-state index contributed by atoms with van der Waals surface area (Å²) in [6, 6.07) is 5.62. The first-order valence-corrected chi connectivity index (χ1v) is 7.70. The summed E-state index contributed by atoms with van der Waals surface area (Å²) in [5.41, 5.74) is -0.395. The number of aryl methyl sites for hydroxylation is 1. The number of hydrogen-bond acceptors (Lipinski definition) is 5. The smallest absolute Gasteiger partial charge is 0.305 e. The second kappa shape index (κ2) is 6.60. The SMILES string of the molecule is Cc1nc(C(=O)NC2(CC(=O)O)CCOC2)nn1-c1ccc(F)cc1. The number of nitrogens with zero attached hydrogens (tertiary/aromatic N) is 3. The van der Waals surface area contributed by atoms with Gasteiger partial charge in [0.1, 0.15) is 11.6 Å². The maximum absolute atomic E-state index is 13.0. The van der Waals surface area contributed by atoms with Gasteiger partial charge in [0.15, 0.2) is 0 Å². The van der Waals surface area contributed by atoms with Crippen molar-refractivity contribution in [1.29, 1.82) is 0 Å². The number of carbonyl (C=O) groups excluding carboxylic acids is 1. The molecule has 3 rings (SSSR count). The first-order chi connectivity index (χ1) is 11.9. The van der Waals surface area contributed by atoms with Crippen LogP contribution in [0.25, 0.3) is 5.69 Å². The molecule has 1 aromatic carbocycles. The van der Waals surface area contributed by atoms with Crippen LogP contribution in [0.1, 0.15) is 29.3 Å². The Morgan fingerprint density at radius 3 is 2.72 bits per heavy atom. The fraction of sp³-hybridized carbons (Fsp3) is 0.375. The van der Waals surface area contributed by atoms with E-state index in [0.717, 1.165) is 0 Å². The third kappa shape index (κ3) is 3.66. The van der Waals surface area contributed by atoms with Crippen LogP contribution in [0.2, 0.25) is 0 Å². The van der Waals surface area contributed by atoms with Gasteiger partial charge in [0.25, 0.3) is 5.91 Å². The van der Waals surface area contributed by atoms with Gasteiger partial charge in [-0.25, -0.2) is 14.1 Å². The third-order valence-electron chi connectivity index (χ3n) is 4.01. The first-order valence-electron chi connectivity index (χ1n) is 7.70. The van der Waals surface area contributed by atoms with Crippen LogP contribution in [-0.4, -0.2) is 50.5 Å². The number of rotatable bonds is 5. The molecule has 2 aromatic rings. The molecule has 0 aliphatic carbocycles. The van der Waals surface area contributed by atoms with Crippen molar-refractivity contribution in [3.05, 3.63) is 41.7 Å². The predicted octanol–water partition coefficient (Wildman–Crippen LogP) is 1.08. The normalized spacial score (nSPS) is 19.8. The van der Waals surface area contributed by atoms with Gasteiger partial charge in [0.2, 0.25) is 5.82 Å². The zero-order chi connectivity index (χ0) is 18.0. The van der Waals surface area contributed by atoms with E-state index < -0.39 is 17.4 Å². The van der Waals surface area contributed by atoms with E-state index in [1.54, 1.807) is 6.92 Å². The fourth-order valence-corrected chi connectivity index (χ4v) is 2.79. The zero-order valence-corrected chi connectivity index (χ0v) is 13.5. The molecule has 1 aliphatic heterocycles. The molecule has 8 nitrogen and oxygen atoms in total. The summed E-state index contributed by atoms with van der Waals surface area (Å²) in [5, 5.41) is 15.9. The molecule has 9 heteroatoms. The average Bonchev–Trinajstić information content (AvgIpc) is 3.14. The van der Waals surface area contributed by atoms with E-state index in [9.17, 15) is 14.0 Å². The number of carboxylic acids is 1. The van der Waals surface area contributed by atoms with Gasteiger partial charge >= 0.3 is 5.97 Å². The Bertz CT molecular complexity index is 797. The molecule has 132 valence electrons. The van der Waals surface area contributed by atoms with E-state index in [2.05, 4.69) is 15.4 Å². The summed E-state index contributed by atoms with van der Waals surface area (Å²) >= 11 is 0. The van der Waals surface area contributed by atoms with Crippen LogP contribution in [-0.2, 0) is 9.53 Å². The van der Waals surface area contributed by atoms with Crippen molar-refractivity contribution < 1.29 is 23.8 Å². The summed E-state index contributed by atoms with van der Waals surface area (Å²) in [4.78, 5) is 27.7. The Balaban J connectivity index is 1.82. The van der Waals surface area contributed by atoms with Gasteiger partial charge in [-0.1, -0.05) is 0 Å². The number of carbonyl (C=O) groups is 2. The summed E-state index contributed by atoms with van der Waals surface area (Å²) in [6.45, 7) is 2.17. The van der Waals surface area contributed by atoms with Crippen molar-refractivity contribution in [2.24, 2.45) is 0 Å². The van der Waals surface area contributed by atoms with Crippen molar-refractivity contribution in [3.63, 3.8) is 0 Å². The first kappa shape index (κ1) is 17.0. The summed E-state index contributed by atoms with van der Waals surface area (Å²) < 4.78 is 19.7. The largest absolute Gasteiger partial charge is 0.481 e. The van der Waals surface area contributed by atoms with Crippen molar-refractivity contribution >= 4 is 11.9 Å². The number of halogens is 1. The minimum Gasteiger partial charge on any atom is -0.481 e. The van der Waals surface area contributed by atoms with Crippen LogP contribution in [0.3, 0.4) is 0 Å². The highest BCUT2D eigenvalue weighted by Gasteiger charge is 2.39. The summed E-state index contributed by atoms with van der Waals surface area (Å²) in [5.74, 6) is -1.61. The van der Waals surface area contributed by atoms with Gasteiger partial charge < -0.3 is 15.2 Å². The molecule has 0 spiro atoms. The van der Waals surface area contributed by atoms with Crippen molar-refractivity contribution in [3.8, 4) is 5.69 Å². The maximum atomic E-state index is 13.0. The van der Waals surface area contributed by atoms with Crippen LogP contribution < -0.4 is 5.32 Å². The van der Waals surface area contributed by atoms with E-state index in [4.69, 9.17) is 9.84 Å². The minimum absolute atomic E-state index is 0.0847. The molecule has 1 saturated heterocycles. The molecule has 1 fully saturated rings. The maximum Gasteiger partial charge on any atom is 0.305 e. The van der Waals surface area contributed by atoms with E-state index >= 15 is 0 Å². The van der Waals surface area contributed by atoms with Crippen LogP contribution in [0, 0.1) is 12.7 Å². The number of hydrogen-bond donors (Lipinski definition) is 2. The van der Waals surface area contributed by atoms with Crippen LogP contribution >= 0.6 is 0 Å². The zero-order valence-electron chi connectivity index (χ0n) is 13.5. The van der Waals surface area contributed by atoms with Gasteiger partial charge in [-0.2, -0.15) is 0 Å². The second-order valence-corrected chi connectivity index (χ2v) is 5.98. The number of aliphatic carboxylic acids is 1. The number of aromatic nitrogens is 3. The molecule has 25 heavy (non-hydrogen) atoms. The Morgan fingerprint density at radius 1 is 1.40 bits per heavy atom. The van der Waals surface area contributed by atoms with E-state index in [1.165, 1.54) is 28.9 Å². The predicted molar refractivity (Wildman–Crippen MR) is 83.9 cm³/mol. The summed E-state index contributed by atoms with van der Waals surface area (Å²) in [7, 11) is 0. The van der Waals surface area contributed by atoms with E-state index in [0.29, 0.717) is 24.5 Å². The average molecular weight is 348 g/mol. The molecular formula is C16H17FN4O4. The number of carboxylic acid groups (broad SMARTS) is 1. The highest BCUT2D eigenvalue weighted by atomic mass is 19.1. The Labute approximate surface area is 142 Å². The molecule has 1 unspecified atom stereocenters. The van der Waals surface area contributed by atoms with Crippen LogP contribution in [0.15, 0.2) is 24.3 Å². The summed E-state index contributed by atoms with van der Waals surface area (Å²) in [6.07, 6.45) is 0.166. The quantitative estimate of drug-likeness (QED) is 0.837. The van der Waals surface area contributed by atoms with Crippen molar-refractivity contribution in [2.75, 3.05) is 13.2 Å². The molecule has 0 saturated carbocycles. The lowest BCUT2D eigenvalue weighted by molar-refractivity contribution is -0.138. The monoisotopic (exact) mass is 348 g/mol. The topological polar surface area (TPSA) is 106 Å². The molecule has 1 atom stereocenters. The van der Waals surface area contributed by atoms with Gasteiger partial charge in [-0.3, -0.25) is 9.59 Å². The Hall–Kier alpha value is -2.81.